The van der Waals surface area contributed by atoms with Crippen LogP contribution < -0.4 is 15.6 Å². The predicted molar refractivity (Wildman–Crippen MR) is 105 cm³/mol. The van der Waals surface area contributed by atoms with Crippen LogP contribution >= 0.6 is 11.6 Å². The number of nitrogens with zero attached hydrogens (tertiary/aromatic N) is 1. The second kappa shape index (κ2) is 8.56. The van der Waals surface area contributed by atoms with Gasteiger partial charge >= 0.3 is 0 Å². The lowest BCUT2D eigenvalue weighted by molar-refractivity contribution is 0.0950. The molecule has 27 heavy (non-hydrogen) atoms. The molecule has 1 heterocycles. The van der Waals surface area contributed by atoms with E-state index in [2.05, 4.69) is 5.32 Å². The van der Waals surface area contributed by atoms with Crippen molar-refractivity contribution in [2.24, 2.45) is 0 Å². The monoisotopic (exact) mass is 382 g/mol. The molecule has 0 aliphatic heterocycles. The third-order valence-corrected chi connectivity index (χ3v) is 4.54. The van der Waals surface area contributed by atoms with Gasteiger partial charge in [-0.05, 0) is 23.8 Å². The van der Waals surface area contributed by atoms with Crippen molar-refractivity contribution in [2.75, 3.05) is 7.11 Å². The summed E-state index contributed by atoms with van der Waals surface area (Å²) in [7, 11) is 1.59. The quantitative estimate of drug-likeness (QED) is 0.710. The first-order chi connectivity index (χ1) is 13.1. The molecule has 0 saturated carbocycles. The Bertz CT molecular complexity index is 1010. The number of hydrogen-bond acceptors (Lipinski definition) is 3. The summed E-state index contributed by atoms with van der Waals surface area (Å²) in [6, 6.07) is 17.7. The fourth-order valence-electron chi connectivity index (χ4n) is 2.73. The molecule has 3 rings (SSSR count). The highest BCUT2D eigenvalue weighted by molar-refractivity contribution is 6.31. The van der Waals surface area contributed by atoms with E-state index in [9.17, 15) is 9.59 Å². The summed E-state index contributed by atoms with van der Waals surface area (Å²) in [4.78, 5) is 24.7. The van der Waals surface area contributed by atoms with E-state index in [1.807, 2.05) is 42.5 Å². The smallest absolute Gasteiger partial charge is 0.253 e. The molecule has 6 heteroatoms. The highest BCUT2D eigenvalue weighted by Gasteiger charge is 2.10. The van der Waals surface area contributed by atoms with E-state index in [1.54, 1.807) is 19.4 Å². The summed E-state index contributed by atoms with van der Waals surface area (Å²) in [5.74, 6) is 0.440. The largest absolute Gasteiger partial charge is 0.496 e. The van der Waals surface area contributed by atoms with E-state index in [0.717, 1.165) is 11.1 Å². The Hall–Kier alpha value is -3.05. The number of aromatic nitrogens is 1. The predicted octanol–water partition coefficient (Wildman–Crippen LogP) is 3.49. The van der Waals surface area contributed by atoms with Crippen LogP contribution in [0, 0.1) is 0 Å². The summed E-state index contributed by atoms with van der Waals surface area (Å²) in [5.41, 5.74) is 1.89. The SMILES string of the molecule is COc1ccccc1CNC(=O)c1ccc(=O)n(Cc2ccccc2Cl)c1. The summed E-state index contributed by atoms with van der Waals surface area (Å²) in [5, 5.41) is 3.43. The summed E-state index contributed by atoms with van der Waals surface area (Å²) >= 11 is 6.17. The van der Waals surface area contributed by atoms with Crippen molar-refractivity contribution in [3.8, 4) is 5.75 Å². The molecule has 1 N–H and O–H groups in total. The number of halogens is 1. The molecule has 0 bridgehead atoms. The van der Waals surface area contributed by atoms with Gasteiger partial charge in [0.1, 0.15) is 5.75 Å². The molecule has 1 aromatic heterocycles. The first-order valence-electron chi connectivity index (χ1n) is 8.42. The molecule has 0 spiro atoms. The average Bonchev–Trinajstić information content (AvgIpc) is 2.69. The molecule has 5 nitrogen and oxygen atoms in total. The maximum atomic E-state index is 12.5. The normalized spacial score (nSPS) is 10.4. The molecule has 2 aromatic carbocycles. The van der Waals surface area contributed by atoms with Gasteiger partial charge in [0.2, 0.25) is 0 Å². The molecule has 0 fully saturated rings. The number of amides is 1. The van der Waals surface area contributed by atoms with Gasteiger partial charge in [0.15, 0.2) is 0 Å². The topological polar surface area (TPSA) is 60.3 Å². The van der Waals surface area contributed by atoms with E-state index in [1.165, 1.54) is 16.7 Å². The Labute approximate surface area is 162 Å². The summed E-state index contributed by atoms with van der Waals surface area (Å²) in [6.45, 7) is 0.624. The molecule has 0 unspecified atom stereocenters. The third-order valence-electron chi connectivity index (χ3n) is 4.18. The molecular formula is C21H19ClN2O3. The Kier molecular flexibility index (Phi) is 5.94. The van der Waals surface area contributed by atoms with Crippen LogP contribution in [0.25, 0.3) is 0 Å². The standard InChI is InChI=1S/C21H19ClN2O3/c1-27-19-9-5-3-6-15(19)12-23-21(26)17-10-11-20(25)24(14-17)13-16-7-2-4-8-18(16)22/h2-11,14H,12-13H2,1H3,(H,23,26). The molecule has 1 amide bonds. The Balaban J connectivity index is 1.76. The number of hydrogen-bond donors (Lipinski definition) is 1. The lowest BCUT2D eigenvalue weighted by Crippen LogP contribution is -2.26. The number of pyridine rings is 1. The van der Waals surface area contributed by atoms with E-state index >= 15 is 0 Å². The van der Waals surface area contributed by atoms with Crippen molar-refractivity contribution in [3.05, 3.63) is 98.9 Å². The van der Waals surface area contributed by atoms with Crippen LogP contribution in [0.15, 0.2) is 71.7 Å². The minimum atomic E-state index is -0.270. The highest BCUT2D eigenvalue weighted by atomic mass is 35.5. The molecule has 0 atom stereocenters. The van der Waals surface area contributed by atoms with E-state index in [4.69, 9.17) is 16.3 Å². The highest BCUT2D eigenvalue weighted by Crippen LogP contribution is 2.17. The zero-order valence-electron chi connectivity index (χ0n) is 14.8. The van der Waals surface area contributed by atoms with Gasteiger partial charge in [-0.2, -0.15) is 0 Å². The number of carbonyl (C=O) groups excluding carboxylic acids is 1. The number of carbonyl (C=O) groups is 1. The van der Waals surface area contributed by atoms with Crippen LogP contribution in [-0.2, 0) is 13.1 Å². The first kappa shape index (κ1) is 18.7. The van der Waals surface area contributed by atoms with Crippen LogP contribution in [0.3, 0.4) is 0 Å². The zero-order chi connectivity index (χ0) is 19.2. The van der Waals surface area contributed by atoms with Crippen LogP contribution in [0.5, 0.6) is 5.75 Å². The number of benzene rings is 2. The molecule has 138 valence electrons. The minimum absolute atomic E-state index is 0.198. The molecular weight excluding hydrogens is 364 g/mol. The lowest BCUT2D eigenvalue weighted by Gasteiger charge is -2.11. The van der Waals surface area contributed by atoms with E-state index in [0.29, 0.717) is 29.4 Å². The second-order valence-corrected chi connectivity index (χ2v) is 6.38. The fourth-order valence-corrected chi connectivity index (χ4v) is 2.92. The van der Waals surface area contributed by atoms with Gasteiger partial charge in [-0.3, -0.25) is 9.59 Å². The maximum absolute atomic E-state index is 12.5. The third kappa shape index (κ3) is 4.57. The number of ether oxygens (including phenoxy) is 1. The van der Waals surface area contributed by atoms with Gasteiger partial charge in [-0.1, -0.05) is 48.0 Å². The van der Waals surface area contributed by atoms with Gasteiger partial charge in [-0.25, -0.2) is 0 Å². The molecule has 0 aliphatic rings. The van der Waals surface area contributed by atoms with Crippen LogP contribution in [0.2, 0.25) is 5.02 Å². The Morgan fingerprint density at radius 1 is 1.04 bits per heavy atom. The lowest BCUT2D eigenvalue weighted by atomic mass is 10.2. The average molecular weight is 383 g/mol. The minimum Gasteiger partial charge on any atom is -0.496 e. The zero-order valence-corrected chi connectivity index (χ0v) is 15.6. The molecule has 0 saturated heterocycles. The maximum Gasteiger partial charge on any atom is 0.253 e. The van der Waals surface area contributed by atoms with E-state index < -0.39 is 0 Å². The van der Waals surface area contributed by atoms with Crippen LogP contribution in [0.4, 0.5) is 0 Å². The van der Waals surface area contributed by atoms with Crippen molar-refractivity contribution in [1.29, 1.82) is 0 Å². The van der Waals surface area contributed by atoms with Crippen LogP contribution in [-0.4, -0.2) is 17.6 Å². The van der Waals surface area contributed by atoms with Crippen molar-refractivity contribution in [3.63, 3.8) is 0 Å². The van der Waals surface area contributed by atoms with Gasteiger partial charge in [0, 0.05) is 29.4 Å². The van der Waals surface area contributed by atoms with Gasteiger partial charge < -0.3 is 14.6 Å². The Morgan fingerprint density at radius 3 is 2.48 bits per heavy atom. The molecule has 0 aliphatic carbocycles. The van der Waals surface area contributed by atoms with Crippen molar-refractivity contribution < 1.29 is 9.53 Å². The number of nitrogens with one attached hydrogen (secondary N) is 1. The molecule has 3 aromatic rings. The summed E-state index contributed by atoms with van der Waals surface area (Å²) < 4.78 is 6.76. The van der Waals surface area contributed by atoms with Crippen LogP contribution in [0.1, 0.15) is 21.5 Å². The fraction of sp³-hybridized carbons (Fsp3) is 0.143. The summed E-state index contributed by atoms with van der Waals surface area (Å²) in [6.07, 6.45) is 1.54. The second-order valence-electron chi connectivity index (χ2n) is 5.97. The number of rotatable bonds is 6. The van der Waals surface area contributed by atoms with Gasteiger partial charge in [-0.15, -0.1) is 0 Å². The first-order valence-corrected chi connectivity index (χ1v) is 8.80. The van der Waals surface area contributed by atoms with Crippen molar-refractivity contribution in [2.45, 2.75) is 13.1 Å². The van der Waals surface area contributed by atoms with Gasteiger partial charge in [0.25, 0.3) is 11.5 Å². The van der Waals surface area contributed by atoms with E-state index in [-0.39, 0.29) is 11.5 Å². The van der Waals surface area contributed by atoms with Crippen molar-refractivity contribution in [1.82, 2.24) is 9.88 Å². The van der Waals surface area contributed by atoms with Gasteiger partial charge in [0.05, 0.1) is 19.2 Å². The number of methoxy groups -OCH3 is 1. The number of para-hydroxylation sites is 1. The molecule has 0 radical (unpaired) electrons. The Morgan fingerprint density at radius 2 is 1.74 bits per heavy atom. The van der Waals surface area contributed by atoms with Crippen molar-refractivity contribution >= 4 is 17.5 Å².